The number of anilines is 1. The molecule has 0 saturated carbocycles. The lowest BCUT2D eigenvalue weighted by Crippen LogP contribution is -2.18. The third kappa shape index (κ3) is 4.79. The summed E-state index contributed by atoms with van der Waals surface area (Å²) in [6.45, 7) is 1.76. The van der Waals surface area contributed by atoms with Crippen LogP contribution in [0.2, 0.25) is 0 Å². The van der Waals surface area contributed by atoms with E-state index in [1.807, 2.05) is 25.5 Å². The van der Waals surface area contributed by atoms with Gasteiger partial charge in [-0.2, -0.15) is 25.7 Å². The Morgan fingerprint density at radius 2 is 1.80 bits per heavy atom. The number of amides is 1. The van der Waals surface area contributed by atoms with E-state index in [0.29, 0.717) is 33.8 Å². The molecular weight excluding hydrogens is 537 g/mol. The number of nitriles is 1. The smallest absolute Gasteiger partial charge is 0.231 e. The Morgan fingerprint density at radius 3 is 2.48 bits per heavy atom. The quantitative estimate of drug-likeness (QED) is 0.330. The summed E-state index contributed by atoms with van der Waals surface area (Å²) >= 11 is 0. The van der Waals surface area contributed by atoms with Gasteiger partial charge in [0.05, 0.1) is 60.0 Å². The summed E-state index contributed by atoms with van der Waals surface area (Å²) in [6.07, 6.45) is 14.0. The van der Waals surface area contributed by atoms with Gasteiger partial charge in [-0.1, -0.05) is 6.07 Å². The van der Waals surface area contributed by atoms with Crippen molar-refractivity contribution < 1.29 is 9.18 Å². The monoisotopic (exact) mass is 557 g/mol. The Morgan fingerprint density at radius 1 is 0.975 bits per heavy atom. The summed E-state index contributed by atoms with van der Waals surface area (Å²) in [7, 11) is 1.83. The predicted octanol–water partition coefficient (Wildman–Crippen LogP) is 3.68. The van der Waals surface area contributed by atoms with Crippen molar-refractivity contribution in [3.63, 3.8) is 0 Å². The van der Waals surface area contributed by atoms with E-state index in [4.69, 9.17) is 0 Å². The van der Waals surface area contributed by atoms with Gasteiger partial charge in [0.1, 0.15) is 11.6 Å². The van der Waals surface area contributed by atoms with Gasteiger partial charge in [0.2, 0.25) is 5.91 Å². The van der Waals surface area contributed by atoms with Crippen molar-refractivity contribution in [1.82, 2.24) is 43.9 Å². The molecule has 1 N–H and O–H groups in total. The van der Waals surface area contributed by atoms with Crippen molar-refractivity contribution >= 4 is 29.5 Å². The highest BCUT2D eigenvalue weighted by Crippen LogP contribution is 2.28. The number of aryl methyl sites for hydroxylation is 1. The summed E-state index contributed by atoms with van der Waals surface area (Å²) < 4.78 is 19.5. The minimum atomic E-state index is -0.523. The largest absolute Gasteiger partial charge is 0.323 e. The molecule has 0 aromatic carbocycles. The van der Waals surface area contributed by atoms with Gasteiger partial charge < -0.3 is 5.32 Å². The van der Waals surface area contributed by atoms with Gasteiger partial charge in [-0.25, -0.2) is 23.3 Å². The number of halogens is 2. The van der Waals surface area contributed by atoms with Crippen LogP contribution < -0.4 is 5.32 Å². The molecule has 6 aromatic heterocycles. The van der Waals surface area contributed by atoms with E-state index >= 15 is 0 Å². The molecule has 0 bridgehead atoms. The van der Waals surface area contributed by atoms with Gasteiger partial charge in [-0.05, 0) is 24.6 Å². The number of hydrogen-bond acceptors (Lipinski definition) is 7. The fourth-order valence-corrected chi connectivity index (χ4v) is 4.22. The van der Waals surface area contributed by atoms with Gasteiger partial charge in [0.25, 0.3) is 0 Å². The van der Waals surface area contributed by atoms with Crippen LogP contribution in [-0.4, -0.2) is 49.8 Å². The SMILES string of the molecule is CC(C(=O)Nc1cnn(-c2cc(-c3cnn(C)c3)cn3ncc(C#N)c23)c1)c1ccc(-n2cc(F)cn2)nc1.Cl. The molecule has 1 unspecified atom stereocenters. The number of nitrogens with zero attached hydrogens (tertiary/aromatic N) is 10. The maximum Gasteiger partial charge on any atom is 0.231 e. The van der Waals surface area contributed by atoms with Crippen LogP contribution >= 0.6 is 12.4 Å². The first-order valence-electron chi connectivity index (χ1n) is 11.8. The second kappa shape index (κ2) is 10.4. The molecule has 40 heavy (non-hydrogen) atoms. The van der Waals surface area contributed by atoms with Crippen LogP contribution in [0.4, 0.5) is 10.1 Å². The Kier molecular flexibility index (Phi) is 6.85. The lowest BCUT2D eigenvalue weighted by atomic mass is 10.0. The first-order valence-corrected chi connectivity index (χ1v) is 11.8. The van der Waals surface area contributed by atoms with Crippen molar-refractivity contribution in [2.45, 2.75) is 12.8 Å². The zero-order valence-electron chi connectivity index (χ0n) is 21.2. The Balaban J connectivity index is 0.00000323. The molecule has 200 valence electrons. The van der Waals surface area contributed by atoms with Crippen LogP contribution in [-0.2, 0) is 11.8 Å². The maximum atomic E-state index is 13.2. The Hall–Kier alpha value is -5.35. The van der Waals surface area contributed by atoms with Gasteiger partial charge in [-0.15, -0.1) is 12.4 Å². The molecule has 0 fully saturated rings. The van der Waals surface area contributed by atoms with E-state index in [2.05, 4.69) is 36.8 Å². The lowest BCUT2D eigenvalue weighted by Gasteiger charge is -2.12. The molecule has 1 atom stereocenters. The van der Waals surface area contributed by atoms with Crippen LogP contribution in [0, 0.1) is 17.1 Å². The van der Waals surface area contributed by atoms with Crippen molar-refractivity contribution in [3.05, 3.63) is 90.9 Å². The molecular formula is C26H21ClFN11O. The number of carbonyl (C=O) groups is 1. The number of nitrogens with one attached hydrogen (secondary N) is 1. The van der Waals surface area contributed by atoms with Gasteiger partial charge in [0, 0.05) is 36.8 Å². The van der Waals surface area contributed by atoms with Gasteiger partial charge in [0.15, 0.2) is 11.6 Å². The molecule has 12 nitrogen and oxygen atoms in total. The molecule has 6 heterocycles. The molecule has 0 radical (unpaired) electrons. The molecule has 0 spiro atoms. The second-order valence-corrected chi connectivity index (χ2v) is 8.92. The average Bonchev–Trinajstić information content (AvgIpc) is 3.75. The third-order valence-electron chi connectivity index (χ3n) is 6.30. The average molecular weight is 558 g/mol. The highest BCUT2D eigenvalue weighted by atomic mass is 35.5. The highest BCUT2D eigenvalue weighted by Gasteiger charge is 2.19. The first kappa shape index (κ1) is 26.3. The van der Waals surface area contributed by atoms with Crippen LogP contribution in [0.25, 0.3) is 28.1 Å². The summed E-state index contributed by atoms with van der Waals surface area (Å²) in [5.74, 6) is -0.806. The minimum absolute atomic E-state index is 0. The molecule has 0 aliphatic carbocycles. The first-order chi connectivity index (χ1) is 18.9. The normalized spacial score (nSPS) is 11.7. The topological polar surface area (TPSA) is 137 Å². The van der Waals surface area contributed by atoms with Crippen LogP contribution in [0.15, 0.2) is 74.0 Å². The van der Waals surface area contributed by atoms with E-state index in [-0.39, 0.29) is 18.3 Å². The summed E-state index contributed by atoms with van der Waals surface area (Å²) in [5.41, 5.74) is 4.47. The van der Waals surface area contributed by atoms with Crippen molar-refractivity contribution in [2.75, 3.05) is 5.32 Å². The second-order valence-electron chi connectivity index (χ2n) is 8.92. The van der Waals surface area contributed by atoms with Crippen molar-refractivity contribution in [2.24, 2.45) is 7.05 Å². The van der Waals surface area contributed by atoms with Crippen LogP contribution in [0.3, 0.4) is 0 Å². The van der Waals surface area contributed by atoms with Gasteiger partial charge in [-0.3, -0.25) is 9.48 Å². The van der Waals surface area contributed by atoms with E-state index in [1.165, 1.54) is 23.3 Å². The third-order valence-corrected chi connectivity index (χ3v) is 6.30. The standard InChI is InChI=1S/C26H20FN11O.ClH/c1-16(17-3-4-24(29-7-17)37-14-21(27)10-32-37)26(39)34-22-11-33-36(15-22)23-5-18(20-9-30-35(2)12-20)13-38-25(23)19(6-28)8-31-38;/h3-5,7-16H,1-2H3,(H,34,39);1H. The minimum Gasteiger partial charge on any atom is -0.323 e. The zero-order valence-corrected chi connectivity index (χ0v) is 22.0. The number of rotatable bonds is 6. The van der Waals surface area contributed by atoms with Crippen molar-refractivity contribution in [3.8, 4) is 28.7 Å². The highest BCUT2D eigenvalue weighted by molar-refractivity contribution is 5.95. The molecule has 0 aliphatic heterocycles. The molecule has 6 aromatic rings. The van der Waals surface area contributed by atoms with E-state index in [9.17, 15) is 14.4 Å². The number of hydrogen-bond donors (Lipinski definition) is 1. The summed E-state index contributed by atoms with van der Waals surface area (Å²) in [6, 6.07) is 7.49. The molecule has 6 rings (SSSR count). The van der Waals surface area contributed by atoms with E-state index < -0.39 is 11.7 Å². The predicted molar refractivity (Wildman–Crippen MR) is 145 cm³/mol. The summed E-state index contributed by atoms with van der Waals surface area (Å²) in [4.78, 5) is 17.3. The maximum absolute atomic E-state index is 13.2. The molecule has 1 amide bonds. The van der Waals surface area contributed by atoms with E-state index in [0.717, 1.165) is 17.3 Å². The molecule has 14 heteroatoms. The van der Waals surface area contributed by atoms with Crippen LogP contribution in [0.1, 0.15) is 24.0 Å². The number of pyridine rings is 2. The molecule has 0 saturated heterocycles. The van der Waals surface area contributed by atoms with Crippen molar-refractivity contribution in [1.29, 1.82) is 5.26 Å². The Bertz CT molecular complexity index is 1880. The number of carbonyl (C=O) groups excluding carboxylic acids is 1. The van der Waals surface area contributed by atoms with Gasteiger partial charge >= 0.3 is 0 Å². The summed E-state index contributed by atoms with van der Waals surface area (Å²) in [5, 5.41) is 29.4. The zero-order chi connectivity index (χ0) is 27.1. The Labute approximate surface area is 232 Å². The van der Waals surface area contributed by atoms with E-state index in [1.54, 1.807) is 51.5 Å². The number of aromatic nitrogens is 9. The fourth-order valence-electron chi connectivity index (χ4n) is 4.22. The number of fused-ring (bicyclic) bond motifs is 1. The van der Waals surface area contributed by atoms with Crippen LogP contribution in [0.5, 0.6) is 0 Å². The lowest BCUT2D eigenvalue weighted by molar-refractivity contribution is -0.117. The molecule has 0 aliphatic rings. The fraction of sp³-hybridized carbons (Fsp3) is 0.115.